The zero-order valence-electron chi connectivity index (χ0n) is 40.8. The summed E-state index contributed by atoms with van der Waals surface area (Å²) in [5, 5.41) is 17.9. The van der Waals surface area contributed by atoms with E-state index < -0.39 is 39.7 Å². The van der Waals surface area contributed by atoms with E-state index >= 15 is 0 Å². The summed E-state index contributed by atoms with van der Waals surface area (Å²) in [4.78, 5) is 88.4. The molecule has 386 valence electrons. The maximum Gasteiger partial charge on any atom is 0.270 e. The molecule has 1 saturated carbocycles. The molecular weight excluding hydrogens is 963 g/mol. The number of amides is 5. The lowest BCUT2D eigenvalue weighted by atomic mass is 9.73. The molecule has 0 bridgehead atoms. The van der Waals surface area contributed by atoms with Crippen LogP contribution in [0.1, 0.15) is 94.3 Å². The third-order valence-corrected chi connectivity index (χ3v) is 16.2. The van der Waals surface area contributed by atoms with Gasteiger partial charge in [-0.15, -0.1) is 5.10 Å². The van der Waals surface area contributed by atoms with Crippen molar-refractivity contribution in [2.24, 2.45) is 5.41 Å². The highest BCUT2D eigenvalue weighted by molar-refractivity contribution is 7.89. The van der Waals surface area contributed by atoms with E-state index in [0.29, 0.717) is 61.4 Å². The highest BCUT2D eigenvalue weighted by Crippen LogP contribution is 2.43. The number of sulfonamides is 1. The Morgan fingerprint density at radius 3 is 2.45 bits per heavy atom. The first-order chi connectivity index (χ1) is 35.3. The first kappa shape index (κ1) is 49.9. The summed E-state index contributed by atoms with van der Waals surface area (Å²) in [6.45, 7) is 4.94. The number of aromatic nitrogens is 6. The third kappa shape index (κ3) is 10.4. The van der Waals surface area contributed by atoms with Crippen LogP contribution in [-0.4, -0.2) is 166 Å². The van der Waals surface area contributed by atoms with Gasteiger partial charge in [0.2, 0.25) is 27.8 Å². The van der Waals surface area contributed by atoms with Gasteiger partial charge in [-0.1, -0.05) is 24.1 Å². The molecule has 5 aromatic rings. The number of piperidine rings is 2. The summed E-state index contributed by atoms with van der Waals surface area (Å²) < 4.78 is 38.4. The quantitative estimate of drug-likeness (QED) is 0.0437. The molecule has 10 rings (SSSR count). The van der Waals surface area contributed by atoms with E-state index in [1.165, 1.54) is 0 Å². The van der Waals surface area contributed by atoms with Crippen LogP contribution in [0.3, 0.4) is 0 Å². The highest BCUT2D eigenvalue weighted by atomic mass is 32.2. The molecule has 3 N–H and O–H groups in total. The second-order valence-corrected chi connectivity index (χ2v) is 21.5. The van der Waals surface area contributed by atoms with Gasteiger partial charge < -0.3 is 24.8 Å². The number of ether oxygens (including phenoxy) is 1. The summed E-state index contributed by atoms with van der Waals surface area (Å²) in [6, 6.07) is 12.6. The van der Waals surface area contributed by atoms with Crippen molar-refractivity contribution in [3.8, 4) is 0 Å². The number of fused-ring (bicyclic) bond motifs is 2. The van der Waals surface area contributed by atoms with E-state index in [4.69, 9.17) is 19.5 Å². The van der Waals surface area contributed by atoms with Crippen LogP contribution >= 0.6 is 0 Å². The largest absolute Gasteiger partial charge is 0.382 e. The van der Waals surface area contributed by atoms with E-state index in [1.807, 2.05) is 12.3 Å². The number of nitrogens with one attached hydrogen (secondary N) is 3. The van der Waals surface area contributed by atoms with Gasteiger partial charge >= 0.3 is 0 Å². The Labute approximate surface area is 421 Å². The van der Waals surface area contributed by atoms with Crippen LogP contribution in [0.4, 0.5) is 17.3 Å². The molecule has 2 aromatic carbocycles. The van der Waals surface area contributed by atoms with Crippen molar-refractivity contribution in [1.82, 2.24) is 53.9 Å². The summed E-state index contributed by atoms with van der Waals surface area (Å²) >= 11 is 0. The molecule has 3 saturated heterocycles. The Balaban J connectivity index is 0.606. The zero-order chi connectivity index (χ0) is 50.9. The smallest absolute Gasteiger partial charge is 0.270 e. The van der Waals surface area contributed by atoms with E-state index in [2.05, 4.69) is 40.7 Å². The predicted molar refractivity (Wildman–Crippen MR) is 263 cm³/mol. The van der Waals surface area contributed by atoms with E-state index in [1.54, 1.807) is 76.6 Å². The minimum absolute atomic E-state index is 0.0476. The fraction of sp³-hybridized carbons (Fsp3) is 0.490. The number of hydrogen-bond acceptors (Lipinski definition) is 17. The van der Waals surface area contributed by atoms with Crippen molar-refractivity contribution in [2.75, 3.05) is 83.9 Å². The normalized spacial score (nSPS) is 19.4. The molecule has 0 radical (unpaired) electrons. The van der Waals surface area contributed by atoms with Crippen LogP contribution in [0.25, 0.3) is 11.0 Å². The molecule has 5 aliphatic rings. The maximum absolute atomic E-state index is 13.7. The van der Waals surface area contributed by atoms with Crippen LogP contribution in [-0.2, 0) is 47.2 Å². The van der Waals surface area contributed by atoms with Crippen molar-refractivity contribution in [1.29, 1.82) is 0 Å². The van der Waals surface area contributed by atoms with Crippen molar-refractivity contribution in [3.05, 3.63) is 83.4 Å². The second kappa shape index (κ2) is 21.0. The molecule has 1 aliphatic carbocycles. The minimum atomic E-state index is -3.68. The lowest BCUT2D eigenvalue weighted by Crippen LogP contribution is -2.61. The monoisotopic (exact) mass is 1020 g/mol. The van der Waals surface area contributed by atoms with E-state index in [0.717, 1.165) is 67.6 Å². The van der Waals surface area contributed by atoms with E-state index in [9.17, 15) is 32.4 Å². The standard InChI is InChI=1S/C49H59N13O10S/c1-57(2)46(66)40-26-32-27-51-48(54-43(32)61(40)35-6-3-4-7-35)52-33-10-12-36(13-11-33)73(68,69)60-30-49(31-60)16-19-58(20-17-49)28-34-29-59(56-55-34)21-23-71-72-25-24-70-22-18-50-38-9-5-8-37-42(38)47(67)62(45(37)65)39-14-15-41(63)53-44(39)64/h5,8-13,26-27,29,35,39,50H,3-4,6-7,14-25,28,30-31H2,1-2H3,(H,51,52,54)(H,53,63,64). The van der Waals surface area contributed by atoms with Gasteiger partial charge in [-0.3, -0.25) is 39.1 Å². The van der Waals surface area contributed by atoms with Gasteiger partial charge in [0.25, 0.3) is 17.7 Å². The van der Waals surface area contributed by atoms with Gasteiger partial charge in [0.05, 0.1) is 41.5 Å². The van der Waals surface area contributed by atoms with E-state index in [-0.39, 0.29) is 72.7 Å². The number of rotatable bonds is 20. The minimum Gasteiger partial charge on any atom is -0.382 e. The Morgan fingerprint density at radius 2 is 1.70 bits per heavy atom. The Morgan fingerprint density at radius 1 is 0.932 bits per heavy atom. The molecular formula is C49H59N13O10S. The fourth-order valence-corrected chi connectivity index (χ4v) is 12.1. The van der Waals surface area contributed by atoms with Crippen LogP contribution < -0.4 is 16.0 Å². The number of imide groups is 2. The highest BCUT2D eigenvalue weighted by Gasteiger charge is 2.50. The number of carbonyl (C=O) groups is 5. The Bertz CT molecular complexity index is 3010. The summed E-state index contributed by atoms with van der Waals surface area (Å²) in [5.41, 5.74) is 3.57. The number of likely N-dealkylation sites (tertiary alicyclic amines) is 1. The number of benzene rings is 2. The Kier molecular flexibility index (Phi) is 14.4. The number of anilines is 3. The predicted octanol–water partition coefficient (Wildman–Crippen LogP) is 3.35. The molecule has 7 heterocycles. The van der Waals surface area contributed by atoms with Crippen LogP contribution in [0, 0.1) is 5.41 Å². The number of hydrogen-bond donors (Lipinski definition) is 3. The van der Waals surface area contributed by atoms with Crippen LogP contribution in [0.15, 0.2) is 65.8 Å². The van der Waals surface area contributed by atoms with Gasteiger partial charge in [0.1, 0.15) is 30.6 Å². The van der Waals surface area contributed by atoms with Gasteiger partial charge in [-0.25, -0.2) is 27.9 Å². The molecule has 23 nitrogen and oxygen atoms in total. The van der Waals surface area contributed by atoms with Crippen molar-refractivity contribution < 1.29 is 46.9 Å². The van der Waals surface area contributed by atoms with Gasteiger partial charge in [0, 0.05) is 87.3 Å². The molecule has 3 aromatic heterocycles. The summed E-state index contributed by atoms with van der Waals surface area (Å²) in [7, 11) is -0.188. The Hall–Kier alpha value is -6.70. The average Bonchev–Trinajstić information content (AvgIpc) is 4.19. The van der Waals surface area contributed by atoms with Gasteiger partial charge in [-0.2, -0.15) is 9.29 Å². The van der Waals surface area contributed by atoms with Crippen molar-refractivity contribution in [2.45, 2.75) is 81.4 Å². The third-order valence-electron chi connectivity index (χ3n) is 14.4. The topological polar surface area (TPSA) is 258 Å². The van der Waals surface area contributed by atoms with Gasteiger partial charge in [-0.05, 0) is 87.7 Å². The molecule has 73 heavy (non-hydrogen) atoms. The molecule has 5 amide bonds. The molecule has 1 atom stereocenters. The lowest BCUT2D eigenvalue weighted by Gasteiger charge is -2.53. The SMILES string of the molecule is CN(C)C(=O)c1cc2cnc(Nc3ccc(S(=O)(=O)N4CC5(CCN(Cc6cn(CCOOCCOCCNc7cccc8c7C(=O)N(C7CCC(=O)NC7=O)C8=O)nn6)CC5)C4)cc3)nc2n1C1CCCC1. The zero-order valence-corrected chi connectivity index (χ0v) is 41.6. The van der Waals surface area contributed by atoms with Crippen molar-refractivity contribution >= 4 is 67.9 Å². The summed E-state index contributed by atoms with van der Waals surface area (Å²) in [6.07, 6.45) is 9.68. The number of nitrogens with zero attached hydrogens (tertiary/aromatic N) is 10. The second-order valence-electron chi connectivity index (χ2n) is 19.5. The van der Waals surface area contributed by atoms with Crippen LogP contribution in [0.2, 0.25) is 0 Å². The molecule has 1 spiro atoms. The van der Waals surface area contributed by atoms with Gasteiger partial charge in [0.15, 0.2) is 0 Å². The van der Waals surface area contributed by atoms with Crippen LogP contribution in [0.5, 0.6) is 0 Å². The number of carbonyl (C=O) groups excluding carboxylic acids is 5. The fourth-order valence-electron chi connectivity index (χ4n) is 10.5. The molecule has 4 aliphatic heterocycles. The first-order valence-electron chi connectivity index (χ1n) is 24.8. The molecule has 4 fully saturated rings. The lowest BCUT2D eigenvalue weighted by molar-refractivity contribution is -0.300. The molecule has 24 heteroatoms. The van der Waals surface area contributed by atoms with Crippen molar-refractivity contribution in [3.63, 3.8) is 0 Å². The summed E-state index contributed by atoms with van der Waals surface area (Å²) in [5.74, 6) is -1.95. The first-order valence-corrected chi connectivity index (χ1v) is 26.2. The maximum atomic E-state index is 13.7. The molecule has 1 unspecified atom stereocenters. The average molecular weight is 1020 g/mol.